The van der Waals surface area contributed by atoms with E-state index in [4.69, 9.17) is 0 Å². The molecule has 2 aromatic rings. The maximum absolute atomic E-state index is 12.3. The SMILES string of the molecule is Cc1nc(C(=O)N2CCN(Cc3ccsc3)CC2)cs1. The minimum absolute atomic E-state index is 0.0736. The third-order valence-corrected chi connectivity index (χ3v) is 4.99. The highest BCUT2D eigenvalue weighted by molar-refractivity contribution is 7.09. The fourth-order valence-electron chi connectivity index (χ4n) is 2.37. The maximum atomic E-state index is 12.3. The Kier molecular flexibility index (Phi) is 4.14. The van der Waals surface area contributed by atoms with Gasteiger partial charge in [0, 0.05) is 38.1 Å². The number of aromatic nitrogens is 1. The topological polar surface area (TPSA) is 36.4 Å². The van der Waals surface area contributed by atoms with Gasteiger partial charge in [0.25, 0.3) is 5.91 Å². The van der Waals surface area contributed by atoms with Crippen LogP contribution in [0.3, 0.4) is 0 Å². The van der Waals surface area contributed by atoms with Crippen LogP contribution in [0.5, 0.6) is 0 Å². The van der Waals surface area contributed by atoms with E-state index in [2.05, 4.69) is 26.7 Å². The quantitative estimate of drug-likeness (QED) is 0.874. The van der Waals surface area contributed by atoms with Crippen molar-refractivity contribution in [2.24, 2.45) is 0 Å². The van der Waals surface area contributed by atoms with E-state index in [-0.39, 0.29) is 5.91 Å². The van der Waals surface area contributed by atoms with E-state index in [0.29, 0.717) is 5.69 Å². The van der Waals surface area contributed by atoms with Crippen molar-refractivity contribution in [1.82, 2.24) is 14.8 Å². The predicted octanol–water partition coefficient (Wildman–Crippen LogP) is 2.47. The van der Waals surface area contributed by atoms with E-state index in [0.717, 1.165) is 37.7 Å². The summed E-state index contributed by atoms with van der Waals surface area (Å²) in [5.41, 5.74) is 1.96. The number of carbonyl (C=O) groups is 1. The summed E-state index contributed by atoms with van der Waals surface area (Å²) >= 11 is 3.27. The monoisotopic (exact) mass is 307 g/mol. The van der Waals surface area contributed by atoms with Crippen LogP contribution < -0.4 is 0 Å². The van der Waals surface area contributed by atoms with Gasteiger partial charge in [0.1, 0.15) is 5.69 Å². The Balaban J connectivity index is 1.54. The number of nitrogens with zero attached hydrogens (tertiary/aromatic N) is 3. The molecule has 3 heterocycles. The molecule has 1 saturated heterocycles. The lowest BCUT2D eigenvalue weighted by Crippen LogP contribution is -2.48. The molecule has 0 radical (unpaired) electrons. The van der Waals surface area contributed by atoms with Crippen LogP contribution in [-0.4, -0.2) is 46.9 Å². The number of hydrogen-bond donors (Lipinski definition) is 0. The number of amides is 1. The highest BCUT2D eigenvalue weighted by Crippen LogP contribution is 2.14. The molecule has 0 unspecified atom stereocenters. The highest BCUT2D eigenvalue weighted by atomic mass is 32.1. The molecule has 0 spiro atoms. The van der Waals surface area contributed by atoms with Gasteiger partial charge >= 0.3 is 0 Å². The fourth-order valence-corrected chi connectivity index (χ4v) is 3.62. The molecular formula is C14H17N3OS2. The van der Waals surface area contributed by atoms with Crippen molar-refractivity contribution in [3.05, 3.63) is 38.5 Å². The summed E-state index contributed by atoms with van der Waals surface area (Å²) in [7, 11) is 0. The van der Waals surface area contributed by atoms with E-state index < -0.39 is 0 Å². The zero-order valence-corrected chi connectivity index (χ0v) is 13.0. The molecule has 6 heteroatoms. The molecule has 1 amide bonds. The number of piperazine rings is 1. The lowest BCUT2D eigenvalue weighted by Gasteiger charge is -2.34. The van der Waals surface area contributed by atoms with E-state index >= 15 is 0 Å². The molecule has 0 aliphatic carbocycles. The fraction of sp³-hybridized carbons (Fsp3) is 0.429. The van der Waals surface area contributed by atoms with E-state index in [1.54, 1.807) is 11.3 Å². The molecule has 0 bridgehead atoms. The average Bonchev–Trinajstić information content (AvgIpc) is 3.10. The molecule has 0 aromatic carbocycles. The lowest BCUT2D eigenvalue weighted by molar-refractivity contribution is 0.0623. The van der Waals surface area contributed by atoms with E-state index in [9.17, 15) is 4.79 Å². The minimum atomic E-state index is 0.0736. The van der Waals surface area contributed by atoms with Crippen LogP contribution in [0.15, 0.2) is 22.2 Å². The average molecular weight is 307 g/mol. The van der Waals surface area contributed by atoms with Crippen molar-refractivity contribution < 1.29 is 4.79 Å². The summed E-state index contributed by atoms with van der Waals surface area (Å²) in [4.78, 5) is 20.9. The standard InChI is InChI=1S/C14H17N3OS2/c1-11-15-13(10-20-11)14(18)17-5-3-16(4-6-17)8-12-2-7-19-9-12/h2,7,9-10H,3-6,8H2,1H3. The number of thiophene rings is 1. The van der Waals surface area contributed by atoms with Crippen molar-refractivity contribution >= 4 is 28.6 Å². The summed E-state index contributed by atoms with van der Waals surface area (Å²) in [6.45, 7) is 6.37. The second-order valence-corrected chi connectivity index (χ2v) is 6.79. The summed E-state index contributed by atoms with van der Waals surface area (Å²) in [6, 6.07) is 2.17. The third kappa shape index (κ3) is 3.08. The first kappa shape index (κ1) is 13.7. The summed E-state index contributed by atoms with van der Waals surface area (Å²) in [5, 5.41) is 7.11. The first-order valence-corrected chi connectivity index (χ1v) is 8.49. The van der Waals surface area contributed by atoms with Gasteiger partial charge in [0.2, 0.25) is 0 Å². The van der Waals surface area contributed by atoms with Gasteiger partial charge in [-0.3, -0.25) is 9.69 Å². The summed E-state index contributed by atoms with van der Waals surface area (Å²) in [5.74, 6) is 0.0736. The van der Waals surface area contributed by atoms with Crippen LogP contribution in [0.2, 0.25) is 0 Å². The zero-order valence-electron chi connectivity index (χ0n) is 11.4. The smallest absolute Gasteiger partial charge is 0.273 e. The molecular weight excluding hydrogens is 290 g/mol. The second kappa shape index (κ2) is 6.03. The normalized spacial score (nSPS) is 16.6. The van der Waals surface area contributed by atoms with Gasteiger partial charge in [0.15, 0.2) is 0 Å². The van der Waals surface area contributed by atoms with Crippen LogP contribution in [0.1, 0.15) is 21.1 Å². The number of carbonyl (C=O) groups excluding carboxylic acids is 1. The Morgan fingerprint density at radius 2 is 2.10 bits per heavy atom. The maximum Gasteiger partial charge on any atom is 0.273 e. The van der Waals surface area contributed by atoms with Crippen molar-refractivity contribution in [3.8, 4) is 0 Å². The molecule has 4 nitrogen and oxygen atoms in total. The molecule has 1 fully saturated rings. The molecule has 0 N–H and O–H groups in total. The molecule has 3 rings (SSSR count). The Labute approximate surface area is 126 Å². The first-order valence-electron chi connectivity index (χ1n) is 6.67. The number of hydrogen-bond acceptors (Lipinski definition) is 5. The largest absolute Gasteiger partial charge is 0.335 e. The molecule has 1 aliphatic heterocycles. The first-order chi connectivity index (χ1) is 9.72. The van der Waals surface area contributed by atoms with Crippen molar-refractivity contribution in [2.75, 3.05) is 26.2 Å². The number of rotatable bonds is 3. The number of aryl methyl sites for hydroxylation is 1. The molecule has 20 heavy (non-hydrogen) atoms. The van der Waals surface area contributed by atoms with Gasteiger partial charge in [-0.25, -0.2) is 4.98 Å². The van der Waals surface area contributed by atoms with Gasteiger partial charge in [-0.1, -0.05) is 0 Å². The second-order valence-electron chi connectivity index (χ2n) is 4.95. The highest BCUT2D eigenvalue weighted by Gasteiger charge is 2.23. The zero-order chi connectivity index (χ0) is 13.9. The van der Waals surface area contributed by atoms with Gasteiger partial charge in [-0.15, -0.1) is 11.3 Å². The summed E-state index contributed by atoms with van der Waals surface area (Å²) in [6.07, 6.45) is 0. The lowest BCUT2D eigenvalue weighted by atomic mass is 10.2. The predicted molar refractivity (Wildman–Crippen MR) is 82.4 cm³/mol. The van der Waals surface area contributed by atoms with E-state index in [1.807, 2.05) is 17.2 Å². The molecule has 1 aliphatic rings. The molecule has 2 aromatic heterocycles. The van der Waals surface area contributed by atoms with Crippen molar-refractivity contribution in [1.29, 1.82) is 0 Å². The van der Waals surface area contributed by atoms with Crippen LogP contribution in [0.4, 0.5) is 0 Å². The van der Waals surface area contributed by atoms with Crippen LogP contribution >= 0.6 is 22.7 Å². The Hall–Kier alpha value is -1.24. The van der Waals surface area contributed by atoms with Crippen LogP contribution in [0, 0.1) is 6.92 Å². The van der Waals surface area contributed by atoms with Gasteiger partial charge in [-0.05, 0) is 29.3 Å². The Morgan fingerprint density at radius 3 is 2.70 bits per heavy atom. The minimum Gasteiger partial charge on any atom is -0.335 e. The molecule has 0 saturated carbocycles. The van der Waals surface area contributed by atoms with Crippen LogP contribution in [0.25, 0.3) is 0 Å². The molecule has 106 valence electrons. The van der Waals surface area contributed by atoms with E-state index in [1.165, 1.54) is 16.9 Å². The number of thiazole rings is 1. The Morgan fingerprint density at radius 1 is 1.30 bits per heavy atom. The Bertz CT molecular complexity index is 571. The van der Waals surface area contributed by atoms with Crippen molar-refractivity contribution in [2.45, 2.75) is 13.5 Å². The summed E-state index contributed by atoms with van der Waals surface area (Å²) < 4.78 is 0. The molecule has 0 atom stereocenters. The van der Waals surface area contributed by atoms with Gasteiger partial charge in [-0.2, -0.15) is 11.3 Å². The van der Waals surface area contributed by atoms with Gasteiger partial charge in [0.05, 0.1) is 5.01 Å². The van der Waals surface area contributed by atoms with Gasteiger partial charge < -0.3 is 4.90 Å². The van der Waals surface area contributed by atoms with Crippen molar-refractivity contribution in [3.63, 3.8) is 0 Å². The third-order valence-electron chi connectivity index (χ3n) is 3.48. The van der Waals surface area contributed by atoms with Crippen LogP contribution in [-0.2, 0) is 6.54 Å².